The van der Waals surface area contributed by atoms with E-state index >= 15 is 0 Å². The number of rotatable bonds is 2. The summed E-state index contributed by atoms with van der Waals surface area (Å²) in [5, 5.41) is 0.260. The Morgan fingerprint density at radius 2 is 1.88 bits per heavy atom. The number of nitrogens with zero attached hydrogens (tertiary/aromatic N) is 2. The van der Waals surface area contributed by atoms with Gasteiger partial charge < -0.3 is 4.74 Å². The smallest absolute Gasteiger partial charge is 0.441 e. The number of amidine groups is 1. The predicted octanol–water partition coefficient (Wildman–Crippen LogP) is 3.90. The van der Waals surface area contributed by atoms with Crippen LogP contribution in [-0.4, -0.2) is 35.8 Å². The number of benzene rings is 1. The van der Waals surface area contributed by atoms with Crippen LogP contribution in [0.1, 0.15) is 6.92 Å². The molecule has 2 heterocycles. The van der Waals surface area contributed by atoms with Gasteiger partial charge in [0.2, 0.25) is 0 Å². The summed E-state index contributed by atoms with van der Waals surface area (Å²) in [4.78, 5) is 15.8. The molecule has 0 unspecified atom stereocenters. The van der Waals surface area contributed by atoms with Crippen molar-refractivity contribution < 1.29 is 35.9 Å². The Morgan fingerprint density at radius 1 is 1.24 bits per heavy atom. The van der Waals surface area contributed by atoms with Gasteiger partial charge in [-0.2, -0.15) is 26.3 Å². The third kappa shape index (κ3) is 2.58. The van der Waals surface area contributed by atoms with Gasteiger partial charge in [0.05, 0.1) is 12.3 Å². The van der Waals surface area contributed by atoms with Gasteiger partial charge in [0.1, 0.15) is 5.75 Å². The van der Waals surface area contributed by atoms with Crippen LogP contribution in [0.5, 0.6) is 5.75 Å². The first-order valence-electron chi connectivity index (χ1n) is 6.80. The fourth-order valence-electron chi connectivity index (χ4n) is 2.34. The molecule has 1 aromatic carbocycles. The molecule has 0 atom stereocenters. The molecule has 0 saturated heterocycles. The lowest BCUT2D eigenvalue weighted by atomic mass is 10.1. The van der Waals surface area contributed by atoms with Crippen LogP contribution < -0.4 is 15.0 Å². The van der Waals surface area contributed by atoms with Crippen LogP contribution in [0.2, 0.25) is 0 Å². The second kappa shape index (κ2) is 5.44. The van der Waals surface area contributed by atoms with Crippen molar-refractivity contribution in [1.29, 1.82) is 0 Å². The average Bonchev–Trinajstić information content (AvgIpc) is 2.82. The molecule has 1 aromatic rings. The van der Waals surface area contributed by atoms with Crippen LogP contribution in [0, 0.1) is 0 Å². The normalized spacial score (nSPS) is 19.1. The van der Waals surface area contributed by atoms with Crippen molar-refractivity contribution in [2.24, 2.45) is 4.99 Å². The zero-order chi connectivity index (χ0) is 18.6. The fourth-order valence-corrected chi connectivity index (χ4v) is 3.44. The Morgan fingerprint density at radius 3 is 2.44 bits per heavy atom. The van der Waals surface area contributed by atoms with Crippen LogP contribution in [0.15, 0.2) is 28.1 Å². The maximum atomic E-state index is 13.1. The zero-order valence-corrected chi connectivity index (χ0v) is 13.1. The number of alkyl halides is 6. The number of aliphatic imine (C=N–C) groups is 1. The van der Waals surface area contributed by atoms with Crippen molar-refractivity contribution in [3.8, 4) is 5.75 Å². The third-order valence-electron chi connectivity index (χ3n) is 3.45. The lowest BCUT2D eigenvalue weighted by Gasteiger charge is -2.39. The first-order valence-corrected chi connectivity index (χ1v) is 7.62. The summed E-state index contributed by atoms with van der Waals surface area (Å²) in [6, 6.07) is 2.67. The summed E-state index contributed by atoms with van der Waals surface area (Å²) in [6.07, 6.45) is -11.7. The summed E-state index contributed by atoms with van der Waals surface area (Å²) >= 11 is 0.533. The van der Waals surface area contributed by atoms with Crippen LogP contribution >= 0.6 is 11.8 Å². The number of carbonyl (C=O) groups is 1. The minimum Gasteiger partial charge on any atom is -0.494 e. The van der Waals surface area contributed by atoms with E-state index in [4.69, 9.17) is 4.74 Å². The highest BCUT2D eigenvalue weighted by molar-refractivity contribution is 8.15. The van der Waals surface area contributed by atoms with E-state index in [-0.39, 0.29) is 10.6 Å². The number of thioether (sulfide) groups is 1. The average molecular weight is 385 g/mol. The molecule has 0 aliphatic carbocycles. The van der Waals surface area contributed by atoms with Crippen molar-refractivity contribution in [2.45, 2.75) is 29.8 Å². The molecular weight excluding hydrogens is 376 g/mol. The van der Waals surface area contributed by atoms with Crippen LogP contribution in [0.3, 0.4) is 0 Å². The van der Waals surface area contributed by atoms with E-state index in [1.54, 1.807) is 6.92 Å². The largest absolute Gasteiger partial charge is 0.494 e. The van der Waals surface area contributed by atoms with Crippen LogP contribution in [-0.2, 0) is 0 Å². The molecule has 0 fully saturated rings. The molecule has 5 nitrogen and oxygen atoms in total. The van der Waals surface area contributed by atoms with Gasteiger partial charge in [-0.05, 0) is 36.9 Å². The molecule has 2 aliphatic heterocycles. The molecule has 2 aliphatic rings. The van der Waals surface area contributed by atoms with Gasteiger partial charge >= 0.3 is 24.0 Å². The lowest BCUT2D eigenvalue weighted by molar-refractivity contribution is -0.301. The number of hydrogen-bond acceptors (Lipinski definition) is 4. The molecule has 0 radical (unpaired) electrons. The molecule has 0 spiro atoms. The molecule has 2 amide bonds. The number of carbonyl (C=O) groups excluding carboxylic acids is 1. The number of fused-ring (bicyclic) bond motifs is 3. The van der Waals surface area contributed by atoms with Crippen molar-refractivity contribution in [1.82, 2.24) is 5.32 Å². The van der Waals surface area contributed by atoms with Crippen molar-refractivity contribution in [3.05, 3.63) is 18.2 Å². The highest BCUT2D eigenvalue weighted by Crippen LogP contribution is 2.50. The number of hydrogen-bond donors (Lipinski definition) is 1. The van der Waals surface area contributed by atoms with Gasteiger partial charge in [0.15, 0.2) is 5.17 Å². The standard InChI is InChI=1S/C13H9F6N3O2S/c1-2-24-6-3-4-7-8(5-6)25-10-21-11(12(14,15)16,13(17,18)19)20-9(23)22(7)10/h3-5H,2H2,1H3,(H,20,23). The first-order chi connectivity index (χ1) is 11.5. The number of ether oxygens (including phenoxy) is 1. The predicted molar refractivity (Wildman–Crippen MR) is 76.8 cm³/mol. The maximum absolute atomic E-state index is 13.1. The van der Waals surface area contributed by atoms with Crippen molar-refractivity contribution in [3.63, 3.8) is 0 Å². The van der Waals surface area contributed by atoms with Crippen molar-refractivity contribution in [2.75, 3.05) is 11.5 Å². The topological polar surface area (TPSA) is 53.9 Å². The molecule has 0 saturated carbocycles. The van der Waals surface area contributed by atoms with Gasteiger partial charge in [-0.15, -0.1) is 0 Å². The van der Waals surface area contributed by atoms with E-state index in [0.29, 0.717) is 29.0 Å². The van der Waals surface area contributed by atoms with Gasteiger partial charge in [-0.25, -0.2) is 14.7 Å². The Hall–Kier alpha value is -2.11. The van der Waals surface area contributed by atoms with Gasteiger partial charge in [-0.3, -0.25) is 5.32 Å². The summed E-state index contributed by atoms with van der Waals surface area (Å²) in [7, 11) is 0. The lowest BCUT2D eigenvalue weighted by Crippen LogP contribution is -2.71. The van der Waals surface area contributed by atoms with E-state index in [9.17, 15) is 31.1 Å². The van der Waals surface area contributed by atoms with Gasteiger partial charge in [0.25, 0.3) is 0 Å². The molecule has 3 rings (SSSR count). The minimum atomic E-state index is -5.86. The number of anilines is 1. The number of nitrogens with one attached hydrogen (secondary N) is 1. The monoisotopic (exact) mass is 385 g/mol. The van der Waals surface area contributed by atoms with Gasteiger partial charge in [-0.1, -0.05) is 0 Å². The molecule has 136 valence electrons. The Bertz CT molecular complexity index is 747. The van der Waals surface area contributed by atoms with E-state index in [1.165, 1.54) is 18.2 Å². The highest BCUT2D eigenvalue weighted by atomic mass is 32.2. The fraction of sp³-hybridized carbons (Fsp3) is 0.385. The van der Waals surface area contributed by atoms with E-state index in [2.05, 4.69) is 4.99 Å². The second-order valence-electron chi connectivity index (χ2n) is 5.03. The van der Waals surface area contributed by atoms with E-state index in [0.717, 1.165) is 5.32 Å². The van der Waals surface area contributed by atoms with Crippen LogP contribution in [0.25, 0.3) is 0 Å². The summed E-state index contributed by atoms with van der Waals surface area (Å²) in [5.74, 6) is 0.368. The molecule has 0 aromatic heterocycles. The number of amides is 2. The Labute approximate surface area is 141 Å². The molecular formula is C13H9F6N3O2S. The molecule has 0 bridgehead atoms. The zero-order valence-electron chi connectivity index (χ0n) is 12.3. The highest BCUT2D eigenvalue weighted by Gasteiger charge is 2.75. The van der Waals surface area contributed by atoms with E-state index in [1.807, 2.05) is 0 Å². The maximum Gasteiger partial charge on any atom is 0.441 e. The SMILES string of the molecule is CCOc1ccc2c(c1)SC1=NC(C(F)(F)F)(C(F)(F)F)NC(=O)N12. The van der Waals surface area contributed by atoms with Crippen LogP contribution in [0.4, 0.5) is 36.8 Å². The van der Waals surface area contributed by atoms with Crippen molar-refractivity contribution >= 4 is 28.6 Å². The van der Waals surface area contributed by atoms with Gasteiger partial charge in [0, 0.05) is 4.90 Å². The molecule has 1 N–H and O–H groups in total. The Kier molecular flexibility index (Phi) is 3.86. The molecule has 25 heavy (non-hydrogen) atoms. The first kappa shape index (κ1) is 17.7. The quantitative estimate of drug-likeness (QED) is 0.786. The second-order valence-corrected chi connectivity index (χ2v) is 6.04. The summed E-state index contributed by atoms with van der Waals surface area (Å²) in [5.41, 5.74) is -4.55. The summed E-state index contributed by atoms with van der Waals surface area (Å²) in [6.45, 7) is 2.03. The Balaban J connectivity index is 2.11. The summed E-state index contributed by atoms with van der Waals surface area (Å²) < 4.78 is 84.0. The third-order valence-corrected chi connectivity index (χ3v) is 4.45. The molecule has 12 heteroatoms. The van der Waals surface area contributed by atoms with E-state index < -0.39 is 29.2 Å². The number of halogens is 6. The number of urea groups is 1. The minimum absolute atomic E-state index is 0.127.